The Morgan fingerprint density at radius 2 is 1.52 bits per heavy atom. The summed E-state index contributed by atoms with van der Waals surface area (Å²) >= 11 is 0. The molecule has 0 amide bonds. The van der Waals surface area contributed by atoms with Crippen LogP contribution in [-0.4, -0.2) is 19.4 Å². The maximum absolute atomic E-state index is 12.2. The zero-order valence-corrected chi connectivity index (χ0v) is 19.9. The molecule has 2 fully saturated rings. The van der Waals surface area contributed by atoms with Gasteiger partial charge in [0, 0.05) is 0 Å². The lowest BCUT2D eigenvalue weighted by Crippen LogP contribution is -2.26. The highest BCUT2D eigenvalue weighted by Gasteiger charge is 2.29. The summed E-state index contributed by atoms with van der Waals surface area (Å²) in [5, 5.41) is -0.233. The summed E-state index contributed by atoms with van der Waals surface area (Å²) in [7, 11) is -2.89. The van der Waals surface area contributed by atoms with E-state index in [-0.39, 0.29) is 5.25 Å². The highest BCUT2D eigenvalue weighted by atomic mass is 32.2. The highest BCUT2D eigenvalue weighted by molar-refractivity contribution is 7.91. The van der Waals surface area contributed by atoms with Gasteiger partial charge < -0.3 is 0 Å². The molecule has 0 spiro atoms. The van der Waals surface area contributed by atoms with Gasteiger partial charge >= 0.3 is 0 Å². The lowest BCUT2D eigenvalue weighted by molar-refractivity contribution is 0.238. The van der Waals surface area contributed by atoms with Gasteiger partial charge in [-0.25, -0.2) is 8.42 Å². The SMILES string of the molecule is CC1CCCC(c2ccc(CCC3CCC(CS(=O)(=O)C(C)C)CC3)cc2)C1C. The van der Waals surface area contributed by atoms with Crippen LogP contribution in [0.1, 0.15) is 96.1 Å². The first kappa shape index (κ1) is 22.8. The van der Waals surface area contributed by atoms with E-state index in [0.29, 0.717) is 11.7 Å². The lowest BCUT2D eigenvalue weighted by Gasteiger charge is -2.34. The molecule has 0 heterocycles. The Morgan fingerprint density at radius 3 is 2.14 bits per heavy atom. The quantitative estimate of drug-likeness (QED) is 0.488. The van der Waals surface area contributed by atoms with Crippen LogP contribution in [0.15, 0.2) is 24.3 Å². The predicted molar refractivity (Wildman–Crippen MR) is 124 cm³/mol. The van der Waals surface area contributed by atoms with Crippen molar-refractivity contribution in [2.45, 2.75) is 96.7 Å². The second-order valence-electron chi connectivity index (χ2n) is 10.4. The molecule has 0 bridgehead atoms. The molecule has 2 aliphatic rings. The van der Waals surface area contributed by atoms with E-state index in [9.17, 15) is 8.42 Å². The Morgan fingerprint density at radius 1 is 0.897 bits per heavy atom. The minimum atomic E-state index is -2.89. The number of hydrogen-bond donors (Lipinski definition) is 0. The van der Waals surface area contributed by atoms with Gasteiger partial charge in [0.1, 0.15) is 0 Å². The van der Waals surface area contributed by atoms with E-state index in [2.05, 4.69) is 38.1 Å². The van der Waals surface area contributed by atoms with Crippen molar-refractivity contribution in [3.8, 4) is 0 Å². The molecule has 164 valence electrons. The van der Waals surface area contributed by atoms with Crippen LogP contribution in [0.4, 0.5) is 0 Å². The van der Waals surface area contributed by atoms with Crippen molar-refractivity contribution >= 4 is 9.84 Å². The maximum Gasteiger partial charge on any atom is 0.152 e. The molecule has 0 radical (unpaired) electrons. The van der Waals surface area contributed by atoms with E-state index in [1.165, 1.54) is 44.1 Å². The minimum absolute atomic E-state index is 0.233. The Hall–Kier alpha value is -0.830. The van der Waals surface area contributed by atoms with Crippen LogP contribution in [0.5, 0.6) is 0 Å². The number of sulfone groups is 1. The molecule has 29 heavy (non-hydrogen) atoms. The van der Waals surface area contributed by atoms with Crippen molar-refractivity contribution in [1.82, 2.24) is 0 Å². The summed E-state index contributed by atoms with van der Waals surface area (Å²) in [4.78, 5) is 0. The number of hydrogen-bond acceptors (Lipinski definition) is 2. The average molecular weight is 419 g/mol. The summed E-state index contributed by atoms with van der Waals surface area (Å²) in [5.41, 5.74) is 3.01. The largest absolute Gasteiger partial charge is 0.229 e. The summed E-state index contributed by atoms with van der Waals surface area (Å²) < 4.78 is 24.3. The van der Waals surface area contributed by atoms with Crippen LogP contribution in [-0.2, 0) is 16.3 Å². The van der Waals surface area contributed by atoms with Gasteiger partial charge in [0.05, 0.1) is 11.0 Å². The van der Waals surface area contributed by atoms with Crippen molar-refractivity contribution < 1.29 is 8.42 Å². The second-order valence-corrected chi connectivity index (χ2v) is 13.0. The van der Waals surface area contributed by atoms with Gasteiger partial charge in [0.2, 0.25) is 0 Å². The maximum atomic E-state index is 12.2. The molecule has 0 aromatic heterocycles. The van der Waals surface area contributed by atoms with Crippen LogP contribution in [0.3, 0.4) is 0 Å². The van der Waals surface area contributed by atoms with Gasteiger partial charge in [-0.2, -0.15) is 0 Å². The Labute approximate surface area is 179 Å². The van der Waals surface area contributed by atoms with Gasteiger partial charge in [-0.3, -0.25) is 0 Å². The summed E-state index contributed by atoms with van der Waals surface area (Å²) in [5.74, 6) is 3.94. The van der Waals surface area contributed by atoms with E-state index < -0.39 is 9.84 Å². The van der Waals surface area contributed by atoms with Crippen molar-refractivity contribution in [2.75, 3.05) is 5.75 Å². The van der Waals surface area contributed by atoms with Crippen molar-refractivity contribution in [2.24, 2.45) is 23.7 Å². The van der Waals surface area contributed by atoms with Crippen LogP contribution < -0.4 is 0 Å². The highest BCUT2D eigenvalue weighted by Crippen LogP contribution is 2.41. The molecule has 1 aromatic rings. The molecule has 1 aromatic carbocycles. The molecule has 0 N–H and O–H groups in total. The first-order chi connectivity index (χ1) is 13.8. The molecule has 2 aliphatic carbocycles. The summed E-state index contributed by atoms with van der Waals surface area (Å²) in [6.07, 6.45) is 11.1. The van der Waals surface area contributed by atoms with Gasteiger partial charge in [-0.1, -0.05) is 63.8 Å². The van der Waals surface area contributed by atoms with Gasteiger partial charge in [-0.15, -0.1) is 0 Å². The van der Waals surface area contributed by atoms with Gasteiger partial charge in [0.15, 0.2) is 9.84 Å². The van der Waals surface area contributed by atoms with E-state index in [4.69, 9.17) is 0 Å². The first-order valence-corrected chi connectivity index (χ1v) is 13.8. The Bertz CT molecular complexity index is 726. The van der Waals surface area contributed by atoms with Gasteiger partial charge in [-0.05, 0) is 86.7 Å². The smallest absolute Gasteiger partial charge is 0.152 e. The zero-order chi connectivity index (χ0) is 21.0. The average Bonchev–Trinajstić information content (AvgIpc) is 2.70. The second kappa shape index (κ2) is 9.98. The van der Waals surface area contributed by atoms with Crippen LogP contribution in [0.2, 0.25) is 0 Å². The van der Waals surface area contributed by atoms with Crippen molar-refractivity contribution in [3.63, 3.8) is 0 Å². The summed E-state index contributed by atoms with van der Waals surface area (Å²) in [6, 6.07) is 9.51. The number of rotatable bonds is 7. The summed E-state index contributed by atoms with van der Waals surface area (Å²) in [6.45, 7) is 8.47. The number of benzene rings is 1. The predicted octanol–water partition coefficient (Wildman–Crippen LogP) is 6.79. The van der Waals surface area contributed by atoms with Crippen LogP contribution in [0.25, 0.3) is 0 Å². The third kappa shape index (κ3) is 6.09. The molecule has 3 heteroatoms. The fraction of sp³-hybridized carbons (Fsp3) is 0.769. The molecular weight excluding hydrogens is 376 g/mol. The Balaban J connectivity index is 1.44. The van der Waals surface area contributed by atoms with Crippen molar-refractivity contribution in [1.29, 1.82) is 0 Å². The molecule has 0 saturated heterocycles. The normalized spacial score (nSPS) is 31.1. The molecule has 3 rings (SSSR count). The Kier molecular flexibility index (Phi) is 7.87. The molecule has 2 saturated carbocycles. The first-order valence-electron chi connectivity index (χ1n) is 12.1. The third-order valence-corrected chi connectivity index (χ3v) is 10.5. The van der Waals surface area contributed by atoms with E-state index in [1.54, 1.807) is 5.56 Å². The fourth-order valence-electron chi connectivity index (χ4n) is 5.56. The monoisotopic (exact) mass is 418 g/mol. The standard InChI is InChI=1S/C26H42O2S/c1-19(2)29(27,28)18-24-12-10-22(11-13-24)8-9-23-14-16-25(17-15-23)26-7-5-6-20(3)21(26)4/h14-17,19-22,24,26H,5-13,18H2,1-4H3. The molecule has 2 nitrogen and oxygen atoms in total. The third-order valence-electron chi connectivity index (χ3n) is 8.11. The van der Waals surface area contributed by atoms with Crippen LogP contribution >= 0.6 is 0 Å². The van der Waals surface area contributed by atoms with E-state index in [0.717, 1.165) is 42.9 Å². The number of aryl methyl sites for hydroxylation is 1. The molecular formula is C26H42O2S. The fourth-order valence-corrected chi connectivity index (χ4v) is 6.94. The van der Waals surface area contributed by atoms with Crippen LogP contribution in [0, 0.1) is 23.7 Å². The zero-order valence-electron chi connectivity index (χ0n) is 19.1. The van der Waals surface area contributed by atoms with Crippen molar-refractivity contribution in [3.05, 3.63) is 35.4 Å². The van der Waals surface area contributed by atoms with Gasteiger partial charge in [0.25, 0.3) is 0 Å². The molecule has 0 aliphatic heterocycles. The topological polar surface area (TPSA) is 34.1 Å². The molecule has 3 atom stereocenters. The van der Waals surface area contributed by atoms with E-state index in [1.807, 2.05) is 13.8 Å². The van der Waals surface area contributed by atoms with E-state index >= 15 is 0 Å². The minimum Gasteiger partial charge on any atom is -0.229 e. The lowest BCUT2D eigenvalue weighted by atomic mass is 9.71. The molecule has 3 unspecified atom stereocenters.